The van der Waals surface area contributed by atoms with Gasteiger partial charge in [0.15, 0.2) is 0 Å². The quantitative estimate of drug-likeness (QED) is 0.352. The van der Waals surface area contributed by atoms with Gasteiger partial charge in [-0.25, -0.2) is 0 Å². The molecule has 0 unspecified atom stereocenters. The van der Waals surface area contributed by atoms with Crippen LogP contribution in [-0.2, 0) is 0 Å². The molecule has 3 N–H and O–H groups in total. The van der Waals surface area contributed by atoms with Crippen molar-refractivity contribution in [3.05, 3.63) is 30.3 Å². The van der Waals surface area contributed by atoms with Gasteiger partial charge in [0.1, 0.15) is 0 Å². The summed E-state index contributed by atoms with van der Waals surface area (Å²) in [6.07, 6.45) is 0. The molecule has 0 aliphatic rings. The van der Waals surface area contributed by atoms with E-state index in [0.29, 0.717) is 0 Å². The van der Waals surface area contributed by atoms with Gasteiger partial charge in [-0.05, 0) is 12.1 Å². The van der Waals surface area contributed by atoms with Crippen molar-refractivity contribution < 1.29 is 12.4 Å². The van der Waals surface area contributed by atoms with Crippen molar-refractivity contribution in [2.24, 2.45) is 5.84 Å². The molecule has 1 aromatic rings. The van der Waals surface area contributed by atoms with Crippen LogP contribution in [0.1, 0.15) is 0 Å². The van der Waals surface area contributed by atoms with E-state index in [1.807, 2.05) is 30.3 Å². The second kappa shape index (κ2) is 4.18. The van der Waals surface area contributed by atoms with E-state index in [1.54, 1.807) is 0 Å². The van der Waals surface area contributed by atoms with Crippen LogP contribution in [0.4, 0.5) is 5.69 Å². The van der Waals surface area contributed by atoms with Crippen molar-refractivity contribution in [3.63, 3.8) is 0 Å². The topological polar surface area (TPSA) is 38.0 Å². The van der Waals surface area contributed by atoms with E-state index in [-0.39, 0.29) is 12.4 Å². The normalized spacial score (nSPS) is 7.67. The first-order valence-electron chi connectivity index (χ1n) is 2.45. The van der Waals surface area contributed by atoms with Crippen LogP contribution < -0.4 is 23.7 Å². The molecule has 0 spiro atoms. The highest BCUT2D eigenvalue weighted by atomic mass is 35.5. The lowest BCUT2D eigenvalue weighted by Crippen LogP contribution is -3.00. The van der Waals surface area contributed by atoms with Crippen molar-refractivity contribution in [1.29, 1.82) is 0 Å². The SMILES string of the molecule is NNc1ccccc1.[Cl-]. The summed E-state index contributed by atoms with van der Waals surface area (Å²) in [5.74, 6) is 5.10. The van der Waals surface area contributed by atoms with Crippen LogP contribution in [-0.4, -0.2) is 0 Å². The highest BCUT2D eigenvalue weighted by molar-refractivity contribution is 5.40. The molecule has 0 aliphatic heterocycles. The van der Waals surface area contributed by atoms with Crippen LogP contribution in [0.25, 0.3) is 0 Å². The van der Waals surface area contributed by atoms with Crippen molar-refractivity contribution in [1.82, 2.24) is 0 Å². The fourth-order valence-corrected chi connectivity index (χ4v) is 0.534. The molecule has 0 atom stereocenters. The molecule has 0 fully saturated rings. The maximum Gasteiger partial charge on any atom is 0.0485 e. The number of benzene rings is 1. The van der Waals surface area contributed by atoms with Gasteiger partial charge in [-0.15, -0.1) is 0 Å². The molecular weight excluding hydrogens is 136 g/mol. The molecule has 0 saturated carbocycles. The summed E-state index contributed by atoms with van der Waals surface area (Å²) >= 11 is 0. The second-order valence-corrected chi connectivity index (χ2v) is 1.51. The molecular formula is C6H8ClN2-. The monoisotopic (exact) mass is 143 g/mol. The first-order chi connectivity index (χ1) is 3.93. The van der Waals surface area contributed by atoms with E-state index in [2.05, 4.69) is 5.43 Å². The van der Waals surface area contributed by atoms with Crippen LogP contribution in [0.5, 0.6) is 0 Å². The number of hydrazine groups is 1. The van der Waals surface area contributed by atoms with Gasteiger partial charge < -0.3 is 17.8 Å². The number of hydrogen-bond donors (Lipinski definition) is 2. The standard InChI is InChI=1S/C6H8N2.ClH/c7-8-6-4-2-1-3-5-6;/h1-5,8H,7H2;1H/p-1. The Morgan fingerprint density at radius 2 is 1.67 bits per heavy atom. The summed E-state index contributed by atoms with van der Waals surface area (Å²) in [5.41, 5.74) is 3.46. The number of anilines is 1. The Morgan fingerprint density at radius 3 is 2.00 bits per heavy atom. The largest absolute Gasteiger partial charge is 1.00 e. The minimum absolute atomic E-state index is 0. The van der Waals surface area contributed by atoms with Crippen LogP contribution in [0, 0.1) is 0 Å². The molecule has 0 amide bonds. The molecule has 0 radical (unpaired) electrons. The van der Waals surface area contributed by atoms with Crippen LogP contribution >= 0.6 is 0 Å². The Hall–Kier alpha value is -0.730. The molecule has 0 aliphatic carbocycles. The van der Waals surface area contributed by atoms with Gasteiger partial charge in [-0.1, -0.05) is 18.2 Å². The number of rotatable bonds is 1. The van der Waals surface area contributed by atoms with E-state index in [0.717, 1.165) is 5.69 Å². The Morgan fingerprint density at radius 1 is 1.11 bits per heavy atom. The average Bonchev–Trinajstić information content (AvgIpc) is 1.90. The van der Waals surface area contributed by atoms with Gasteiger partial charge in [-0.3, -0.25) is 5.84 Å². The number of nitrogens with two attached hydrogens (primary N) is 1. The van der Waals surface area contributed by atoms with Crippen molar-refractivity contribution >= 4 is 5.69 Å². The minimum atomic E-state index is 0. The van der Waals surface area contributed by atoms with Gasteiger partial charge in [0.2, 0.25) is 0 Å². The Bertz CT molecular complexity index is 152. The molecule has 50 valence electrons. The predicted octanol–water partition coefficient (Wildman–Crippen LogP) is -2.02. The molecule has 1 aromatic carbocycles. The zero-order chi connectivity index (χ0) is 5.82. The zero-order valence-corrected chi connectivity index (χ0v) is 5.60. The van der Waals surface area contributed by atoms with Gasteiger partial charge in [-0.2, -0.15) is 0 Å². The van der Waals surface area contributed by atoms with Gasteiger partial charge in [0.05, 0.1) is 0 Å². The lowest BCUT2D eigenvalue weighted by molar-refractivity contribution is -0.00000169. The third-order valence-electron chi connectivity index (χ3n) is 0.940. The minimum Gasteiger partial charge on any atom is -1.00 e. The first kappa shape index (κ1) is 8.27. The maximum atomic E-state index is 5.10. The van der Waals surface area contributed by atoms with Crippen LogP contribution in [0.3, 0.4) is 0 Å². The molecule has 1 rings (SSSR count). The molecule has 3 heteroatoms. The smallest absolute Gasteiger partial charge is 0.0485 e. The van der Waals surface area contributed by atoms with E-state index >= 15 is 0 Å². The summed E-state index contributed by atoms with van der Waals surface area (Å²) in [4.78, 5) is 0. The molecule has 9 heavy (non-hydrogen) atoms. The molecule has 2 nitrogen and oxygen atoms in total. The van der Waals surface area contributed by atoms with E-state index in [1.165, 1.54) is 0 Å². The van der Waals surface area contributed by atoms with Crippen molar-refractivity contribution in [2.45, 2.75) is 0 Å². The van der Waals surface area contributed by atoms with Crippen LogP contribution in [0.15, 0.2) is 30.3 Å². The number of nitrogen functional groups attached to an aromatic ring is 1. The summed E-state index contributed by atoms with van der Waals surface area (Å²) in [6.45, 7) is 0. The average molecular weight is 144 g/mol. The third-order valence-corrected chi connectivity index (χ3v) is 0.940. The van der Waals surface area contributed by atoms with Crippen molar-refractivity contribution in [2.75, 3.05) is 5.43 Å². The molecule has 0 heterocycles. The summed E-state index contributed by atoms with van der Waals surface area (Å²) in [7, 11) is 0. The van der Waals surface area contributed by atoms with E-state index in [4.69, 9.17) is 5.84 Å². The van der Waals surface area contributed by atoms with Crippen LogP contribution in [0.2, 0.25) is 0 Å². The highest BCUT2D eigenvalue weighted by Crippen LogP contribution is 2.00. The van der Waals surface area contributed by atoms with E-state index in [9.17, 15) is 0 Å². The first-order valence-corrected chi connectivity index (χ1v) is 2.45. The Labute approximate surface area is 60.4 Å². The zero-order valence-electron chi connectivity index (χ0n) is 4.84. The Kier molecular flexibility index (Phi) is 3.84. The summed E-state index contributed by atoms with van der Waals surface area (Å²) in [5, 5.41) is 0. The predicted molar refractivity (Wildman–Crippen MR) is 34.3 cm³/mol. The Balaban J connectivity index is 0.000000640. The van der Waals surface area contributed by atoms with Gasteiger partial charge >= 0.3 is 0 Å². The fourth-order valence-electron chi connectivity index (χ4n) is 0.534. The van der Waals surface area contributed by atoms with Gasteiger partial charge in [0, 0.05) is 5.69 Å². The summed E-state index contributed by atoms with van der Waals surface area (Å²) < 4.78 is 0. The lowest BCUT2D eigenvalue weighted by atomic mass is 10.3. The number of halogens is 1. The number of para-hydroxylation sites is 1. The lowest BCUT2D eigenvalue weighted by Gasteiger charge is -1.94. The number of hydrogen-bond acceptors (Lipinski definition) is 2. The van der Waals surface area contributed by atoms with Gasteiger partial charge in [0.25, 0.3) is 0 Å². The molecule has 0 saturated heterocycles. The third kappa shape index (κ3) is 2.35. The molecule has 0 bridgehead atoms. The fraction of sp³-hybridized carbons (Fsp3) is 0. The van der Waals surface area contributed by atoms with Crippen molar-refractivity contribution in [3.8, 4) is 0 Å². The summed E-state index contributed by atoms with van der Waals surface area (Å²) in [6, 6.07) is 9.60. The maximum absolute atomic E-state index is 5.10. The molecule has 0 aromatic heterocycles. The van der Waals surface area contributed by atoms with E-state index < -0.39 is 0 Å². The number of nitrogens with one attached hydrogen (secondary N) is 1. The second-order valence-electron chi connectivity index (χ2n) is 1.51. The highest BCUT2D eigenvalue weighted by Gasteiger charge is 1.78.